The van der Waals surface area contributed by atoms with E-state index in [-0.39, 0.29) is 5.97 Å². The first kappa shape index (κ1) is 20.2. The van der Waals surface area contributed by atoms with E-state index in [9.17, 15) is 4.79 Å². The quantitative estimate of drug-likeness (QED) is 0.477. The molecule has 0 N–H and O–H groups in total. The number of fused-ring (bicyclic) bond motifs is 2. The highest BCUT2D eigenvalue weighted by molar-refractivity contribution is 5.91. The molecule has 0 radical (unpaired) electrons. The summed E-state index contributed by atoms with van der Waals surface area (Å²) in [4.78, 5) is 14.9. The molecular formula is C26H27NO3. The van der Waals surface area contributed by atoms with Gasteiger partial charge in [-0.2, -0.15) is 0 Å². The molecule has 0 unspecified atom stereocenters. The highest BCUT2D eigenvalue weighted by Gasteiger charge is 2.14. The minimum Gasteiger partial charge on any atom is -0.497 e. The lowest BCUT2D eigenvalue weighted by atomic mass is 9.93. The van der Waals surface area contributed by atoms with Crippen LogP contribution < -0.4 is 9.47 Å². The summed E-state index contributed by atoms with van der Waals surface area (Å²) in [5.41, 5.74) is 5.81. The van der Waals surface area contributed by atoms with Crippen LogP contribution in [0.4, 0.5) is 0 Å². The lowest BCUT2D eigenvalue weighted by Crippen LogP contribution is -2.25. The maximum absolute atomic E-state index is 12.5. The number of hydrogen-bond donors (Lipinski definition) is 0. The second-order valence-electron chi connectivity index (χ2n) is 7.80. The number of hydrogen-bond acceptors (Lipinski definition) is 4. The van der Waals surface area contributed by atoms with Gasteiger partial charge in [-0.1, -0.05) is 30.3 Å². The van der Waals surface area contributed by atoms with E-state index >= 15 is 0 Å². The summed E-state index contributed by atoms with van der Waals surface area (Å²) >= 11 is 0. The van der Waals surface area contributed by atoms with Gasteiger partial charge in [0.05, 0.1) is 12.7 Å². The molecule has 0 aliphatic carbocycles. The Labute approximate surface area is 178 Å². The molecule has 4 rings (SSSR count). The maximum atomic E-state index is 12.5. The summed E-state index contributed by atoms with van der Waals surface area (Å²) in [7, 11) is 3.77. The topological polar surface area (TPSA) is 38.8 Å². The Balaban J connectivity index is 1.58. The van der Waals surface area contributed by atoms with Crippen LogP contribution in [0.5, 0.6) is 11.5 Å². The Bertz CT molecular complexity index is 1030. The van der Waals surface area contributed by atoms with E-state index in [2.05, 4.69) is 42.3 Å². The Kier molecular flexibility index (Phi) is 6.15. The van der Waals surface area contributed by atoms with Crippen LogP contribution in [0.2, 0.25) is 0 Å². The molecule has 0 atom stereocenters. The van der Waals surface area contributed by atoms with Gasteiger partial charge in [-0.05, 0) is 85.0 Å². The SMILES string of the molecule is COc1ccc(C(=O)Oc2ccc3c(c2)CCN(C)CCc2ccccc2C3)cc1. The van der Waals surface area contributed by atoms with Crippen LogP contribution in [0.3, 0.4) is 0 Å². The molecule has 4 nitrogen and oxygen atoms in total. The second-order valence-corrected chi connectivity index (χ2v) is 7.80. The van der Waals surface area contributed by atoms with Gasteiger partial charge in [0.15, 0.2) is 0 Å². The molecule has 0 fully saturated rings. The molecule has 0 aromatic heterocycles. The number of nitrogens with zero attached hydrogens (tertiary/aromatic N) is 1. The van der Waals surface area contributed by atoms with Crippen LogP contribution in [0.15, 0.2) is 66.7 Å². The van der Waals surface area contributed by atoms with E-state index in [4.69, 9.17) is 9.47 Å². The van der Waals surface area contributed by atoms with Gasteiger partial charge in [0.1, 0.15) is 11.5 Å². The Hall–Kier alpha value is -3.11. The maximum Gasteiger partial charge on any atom is 0.343 e. The average molecular weight is 402 g/mol. The van der Waals surface area contributed by atoms with Gasteiger partial charge in [-0.3, -0.25) is 0 Å². The third kappa shape index (κ3) is 4.71. The molecule has 3 aromatic rings. The fourth-order valence-corrected chi connectivity index (χ4v) is 3.88. The highest BCUT2D eigenvalue weighted by atomic mass is 16.5. The summed E-state index contributed by atoms with van der Waals surface area (Å²) in [5.74, 6) is 0.937. The van der Waals surface area contributed by atoms with Crippen LogP contribution in [0.25, 0.3) is 0 Å². The van der Waals surface area contributed by atoms with Crippen molar-refractivity contribution in [3.8, 4) is 11.5 Å². The van der Waals surface area contributed by atoms with Crippen LogP contribution in [-0.4, -0.2) is 38.1 Å². The van der Waals surface area contributed by atoms with E-state index in [1.807, 2.05) is 12.1 Å². The summed E-state index contributed by atoms with van der Waals surface area (Å²) in [6.45, 7) is 2.02. The van der Waals surface area contributed by atoms with Crippen LogP contribution >= 0.6 is 0 Å². The molecule has 0 spiro atoms. The zero-order valence-corrected chi connectivity index (χ0v) is 17.6. The van der Waals surface area contributed by atoms with E-state index in [1.54, 1.807) is 31.4 Å². The summed E-state index contributed by atoms with van der Waals surface area (Å²) < 4.78 is 10.8. The van der Waals surface area contributed by atoms with Crippen LogP contribution in [0.1, 0.15) is 32.6 Å². The van der Waals surface area contributed by atoms with Gasteiger partial charge < -0.3 is 14.4 Å². The van der Waals surface area contributed by atoms with E-state index in [1.165, 1.54) is 22.3 Å². The van der Waals surface area contributed by atoms with Crippen LogP contribution in [0, 0.1) is 0 Å². The fourth-order valence-electron chi connectivity index (χ4n) is 3.88. The number of rotatable bonds is 3. The number of carbonyl (C=O) groups excluding carboxylic acids is 1. The van der Waals surface area contributed by atoms with Crippen molar-refractivity contribution < 1.29 is 14.3 Å². The molecule has 1 heterocycles. The number of ether oxygens (including phenoxy) is 2. The lowest BCUT2D eigenvalue weighted by molar-refractivity contribution is 0.0734. The Morgan fingerprint density at radius 2 is 1.43 bits per heavy atom. The van der Waals surface area contributed by atoms with Crippen molar-refractivity contribution in [2.24, 2.45) is 0 Å². The third-order valence-corrected chi connectivity index (χ3v) is 5.74. The number of benzene rings is 3. The number of likely N-dealkylation sites (N-methyl/N-ethyl adjacent to an activating group) is 1. The lowest BCUT2D eigenvalue weighted by Gasteiger charge is -2.22. The summed E-state index contributed by atoms with van der Waals surface area (Å²) in [6, 6.07) is 21.7. The zero-order valence-electron chi connectivity index (χ0n) is 17.6. The Morgan fingerprint density at radius 1 is 0.800 bits per heavy atom. The predicted octanol–water partition coefficient (Wildman–Crippen LogP) is 4.54. The average Bonchev–Trinajstić information content (AvgIpc) is 2.78. The normalized spacial score (nSPS) is 14.3. The van der Waals surface area contributed by atoms with Gasteiger partial charge in [-0.25, -0.2) is 4.79 Å². The van der Waals surface area contributed by atoms with Crippen molar-refractivity contribution in [2.45, 2.75) is 19.3 Å². The summed E-state index contributed by atoms with van der Waals surface area (Å²) in [6.07, 6.45) is 2.91. The predicted molar refractivity (Wildman–Crippen MR) is 119 cm³/mol. The first-order valence-electron chi connectivity index (χ1n) is 10.4. The van der Waals surface area contributed by atoms with Crippen molar-refractivity contribution in [3.63, 3.8) is 0 Å². The molecule has 4 heteroatoms. The third-order valence-electron chi connectivity index (χ3n) is 5.74. The molecule has 1 aliphatic heterocycles. The first-order chi connectivity index (χ1) is 14.6. The molecule has 30 heavy (non-hydrogen) atoms. The van der Waals surface area contributed by atoms with E-state index < -0.39 is 0 Å². The smallest absolute Gasteiger partial charge is 0.343 e. The molecule has 154 valence electrons. The largest absolute Gasteiger partial charge is 0.497 e. The van der Waals surface area contributed by atoms with Gasteiger partial charge in [0, 0.05) is 13.1 Å². The first-order valence-corrected chi connectivity index (χ1v) is 10.4. The van der Waals surface area contributed by atoms with Crippen molar-refractivity contribution in [3.05, 3.63) is 94.5 Å². The van der Waals surface area contributed by atoms with Crippen molar-refractivity contribution >= 4 is 5.97 Å². The van der Waals surface area contributed by atoms with Crippen molar-refractivity contribution in [1.82, 2.24) is 4.90 Å². The number of esters is 1. The van der Waals surface area contributed by atoms with Crippen LogP contribution in [-0.2, 0) is 19.3 Å². The fraction of sp³-hybridized carbons (Fsp3) is 0.269. The van der Waals surface area contributed by atoms with Crippen molar-refractivity contribution in [2.75, 3.05) is 27.2 Å². The number of methoxy groups -OCH3 is 1. The molecule has 0 saturated heterocycles. The van der Waals surface area contributed by atoms with Crippen molar-refractivity contribution in [1.29, 1.82) is 0 Å². The molecule has 0 amide bonds. The molecule has 0 bridgehead atoms. The monoisotopic (exact) mass is 401 g/mol. The molecule has 1 aliphatic rings. The molecule has 3 aromatic carbocycles. The molecule has 0 saturated carbocycles. The zero-order chi connectivity index (χ0) is 20.9. The minimum atomic E-state index is -0.361. The second kappa shape index (κ2) is 9.14. The standard InChI is InChI=1S/C26H27NO3/c1-27-15-13-19-5-3-4-6-21(19)17-22-9-12-25(18-23(22)14-16-27)30-26(28)20-7-10-24(29-2)11-8-20/h3-12,18H,13-17H2,1-2H3. The highest BCUT2D eigenvalue weighted by Crippen LogP contribution is 2.25. The van der Waals surface area contributed by atoms with E-state index in [0.717, 1.165) is 32.4 Å². The minimum absolute atomic E-state index is 0.361. The van der Waals surface area contributed by atoms with Gasteiger partial charge in [0.25, 0.3) is 0 Å². The molecular weight excluding hydrogens is 374 g/mol. The van der Waals surface area contributed by atoms with Gasteiger partial charge >= 0.3 is 5.97 Å². The summed E-state index contributed by atoms with van der Waals surface area (Å²) in [5, 5.41) is 0. The Morgan fingerprint density at radius 3 is 2.17 bits per heavy atom. The number of carbonyl (C=O) groups is 1. The van der Waals surface area contributed by atoms with E-state index in [0.29, 0.717) is 17.1 Å². The van der Waals surface area contributed by atoms with Gasteiger partial charge in [-0.15, -0.1) is 0 Å². The van der Waals surface area contributed by atoms with Gasteiger partial charge in [0.2, 0.25) is 0 Å².